The van der Waals surface area contributed by atoms with Gasteiger partial charge in [0.15, 0.2) is 0 Å². The highest BCUT2D eigenvalue weighted by atomic mass is 15.0. The van der Waals surface area contributed by atoms with E-state index in [1.165, 1.54) is 82.5 Å². The zero-order valence-corrected chi connectivity index (χ0v) is 30.5. The van der Waals surface area contributed by atoms with Crippen molar-refractivity contribution >= 4 is 66.7 Å². The molecule has 4 heterocycles. The first-order valence-electron chi connectivity index (χ1n) is 19.4. The first-order chi connectivity index (χ1) is 27.8. The fourth-order valence-corrected chi connectivity index (χ4v) is 9.73. The molecule has 12 rings (SSSR count). The van der Waals surface area contributed by atoms with Crippen molar-refractivity contribution in [2.45, 2.75) is 0 Å². The number of rotatable bonds is 4. The predicted octanol–water partition coefficient (Wildman–Crippen LogP) is 10.8. The summed E-state index contributed by atoms with van der Waals surface area (Å²) in [7, 11) is 0. The minimum absolute atomic E-state index is 0.0969. The lowest BCUT2D eigenvalue weighted by Crippen LogP contribution is -2.52. The number of fused-ring (bicyclic) bond motifs is 12. The smallest absolute Gasteiger partial charge is 0.248 e. The van der Waals surface area contributed by atoms with Gasteiger partial charge in [-0.1, -0.05) is 151 Å². The number of benzene rings is 8. The van der Waals surface area contributed by atoms with Gasteiger partial charge in [-0.15, -0.1) is 0 Å². The quantitative estimate of drug-likeness (QED) is 0.162. The SMILES string of the molecule is c1ccc(-n2c3c(c4ccccc42)B(c2ccc4c(c2)c2ccccc2n4-c2ccccc2)c2c(n(-c4ccccc4)c4ccccc24)-c2ccccc2-3)cc1. The Morgan fingerprint density at radius 2 is 0.661 bits per heavy atom. The van der Waals surface area contributed by atoms with E-state index in [0.29, 0.717) is 0 Å². The van der Waals surface area contributed by atoms with Crippen molar-refractivity contribution < 1.29 is 0 Å². The van der Waals surface area contributed by atoms with Crippen LogP contribution in [0.25, 0.3) is 83.2 Å². The van der Waals surface area contributed by atoms with Crippen molar-refractivity contribution in [1.29, 1.82) is 0 Å². The lowest BCUT2D eigenvalue weighted by molar-refractivity contribution is 1.13. The highest BCUT2D eigenvalue weighted by molar-refractivity contribution is 7.00. The third kappa shape index (κ3) is 4.35. The van der Waals surface area contributed by atoms with Crippen molar-refractivity contribution in [3.05, 3.63) is 206 Å². The fourth-order valence-electron chi connectivity index (χ4n) is 9.73. The molecule has 0 saturated carbocycles. The van der Waals surface area contributed by atoms with E-state index >= 15 is 0 Å². The Labute approximate surface area is 325 Å². The Morgan fingerprint density at radius 1 is 0.286 bits per heavy atom. The average Bonchev–Trinajstić information content (AvgIpc) is 3.88. The molecule has 11 aromatic rings. The molecule has 56 heavy (non-hydrogen) atoms. The van der Waals surface area contributed by atoms with Crippen LogP contribution in [0, 0.1) is 0 Å². The van der Waals surface area contributed by atoms with E-state index in [0.717, 1.165) is 17.1 Å². The molecular weight excluding hydrogens is 677 g/mol. The zero-order valence-electron chi connectivity index (χ0n) is 30.5. The van der Waals surface area contributed by atoms with Crippen LogP contribution >= 0.6 is 0 Å². The first kappa shape index (κ1) is 31.1. The maximum atomic E-state index is 2.51. The van der Waals surface area contributed by atoms with Gasteiger partial charge in [-0.3, -0.25) is 0 Å². The normalized spacial score (nSPS) is 12.2. The third-order valence-electron chi connectivity index (χ3n) is 11.9. The lowest BCUT2D eigenvalue weighted by Gasteiger charge is -2.17. The number of hydrogen-bond acceptors (Lipinski definition) is 0. The molecule has 3 nitrogen and oxygen atoms in total. The molecule has 0 N–H and O–H groups in total. The van der Waals surface area contributed by atoms with Gasteiger partial charge in [0.05, 0.1) is 33.5 Å². The Bertz CT molecular complexity index is 3150. The molecule has 8 aromatic carbocycles. The predicted molar refractivity (Wildman–Crippen MR) is 236 cm³/mol. The van der Waals surface area contributed by atoms with E-state index in [1.807, 2.05) is 0 Å². The van der Waals surface area contributed by atoms with Crippen molar-refractivity contribution in [2.75, 3.05) is 0 Å². The zero-order chi connectivity index (χ0) is 36.7. The van der Waals surface area contributed by atoms with Crippen LogP contribution in [0.3, 0.4) is 0 Å². The van der Waals surface area contributed by atoms with Crippen LogP contribution in [0.5, 0.6) is 0 Å². The molecule has 0 amide bonds. The van der Waals surface area contributed by atoms with Crippen LogP contribution in [-0.2, 0) is 0 Å². The second-order valence-electron chi connectivity index (χ2n) is 14.8. The number of nitrogens with zero attached hydrogens (tertiary/aromatic N) is 3. The van der Waals surface area contributed by atoms with Gasteiger partial charge in [0.1, 0.15) is 0 Å². The van der Waals surface area contributed by atoms with Crippen molar-refractivity contribution in [2.24, 2.45) is 0 Å². The molecule has 0 fully saturated rings. The second kappa shape index (κ2) is 12.1. The largest absolute Gasteiger partial charge is 0.310 e. The number of hydrogen-bond donors (Lipinski definition) is 0. The summed E-state index contributed by atoms with van der Waals surface area (Å²) >= 11 is 0. The van der Waals surface area contributed by atoms with E-state index in [1.54, 1.807) is 0 Å². The summed E-state index contributed by atoms with van der Waals surface area (Å²) < 4.78 is 7.44. The van der Waals surface area contributed by atoms with E-state index < -0.39 is 0 Å². The molecule has 1 aliphatic rings. The highest BCUT2D eigenvalue weighted by Gasteiger charge is 2.40. The molecular formula is C52H34BN3. The Balaban J connectivity index is 1.28. The van der Waals surface area contributed by atoms with Crippen molar-refractivity contribution in [1.82, 2.24) is 13.7 Å². The van der Waals surface area contributed by atoms with Gasteiger partial charge in [-0.05, 0) is 82.4 Å². The van der Waals surface area contributed by atoms with Crippen LogP contribution in [0.4, 0.5) is 0 Å². The molecule has 4 heteroatoms. The molecule has 0 bridgehead atoms. The third-order valence-corrected chi connectivity index (χ3v) is 11.9. The lowest BCUT2D eigenvalue weighted by atomic mass is 9.36. The molecule has 1 aliphatic heterocycles. The molecule has 0 aliphatic carbocycles. The summed E-state index contributed by atoms with van der Waals surface area (Å²) in [5.74, 6) is 0. The summed E-state index contributed by atoms with van der Waals surface area (Å²) in [5.41, 5.74) is 17.2. The minimum atomic E-state index is -0.0969. The van der Waals surface area contributed by atoms with Gasteiger partial charge in [-0.2, -0.15) is 0 Å². The van der Waals surface area contributed by atoms with Crippen LogP contribution in [0.2, 0.25) is 0 Å². The van der Waals surface area contributed by atoms with Gasteiger partial charge < -0.3 is 13.7 Å². The monoisotopic (exact) mass is 711 g/mol. The summed E-state index contributed by atoms with van der Waals surface area (Å²) in [5, 5.41) is 5.04. The minimum Gasteiger partial charge on any atom is -0.310 e. The summed E-state index contributed by atoms with van der Waals surface area (Å²) in [6, 6.07) is 75.8. The van der Waals surface area contributed by atoms with E-state index in [9.17, 15) is 0 Å². The Hall–Kier alpha value is -7.30. The van der Waals surface area contributed by atoms with Crippen LogP contribution in [0.15, 0.2) is 206 Å². The van der Waals surface area contributed by atoms with Crippen LogP contribution in [0.1, 0.15) is 0 Å². The van der Waals surface area contributed by atoms with Crippen LogP contribution < -0.4 is 16.4 Å². The van der Waals surface area contributed by atoms with Crippen molar-refractivity contribution in [3.8, 4) is 39.6 Å². The van der Waals surface area contributed by atoms with Gasteiger partial charge in [-0.25, -0.2) is 0 Å². The fraction of sp³-hybridized carbons (Fsp3) is 0. The van der Waals surface area contributed by atoms with Gasteiger partial charge >= 0.3 is 0 Å². The standard InChI is InChI=1S/C52H34BN3/c1-4-18-36(19-5-1)54-45-29-15-12-24-39(45)44-34-35(32-33-48(44)54)53-49-42-27-13-16-30-46(42)55(37-20-6-2-7-21-37)51(49)40-25-10-11-26-41(40)52-50(53)43-28-14-17-31-47(43)56(52)38-22-8-3-9-23-38/h1-34H. The number of aromatic nitrogens is 3. The van der Waals surface area contributed by atoms with E-state index in [2.05, 4.69) is 220 Å². The summed E-state index contributed by atoms with van der Waals surface area (Å²) in [4.78, 5) is 0. The van der Waals surface area contributed by atoms with Crippen LogP contribution in [-0.4, -0.2) is 20.4 Å². The second-order valence-corrected chi connectivity index (χ2v) is 14.8. The average molecular weight is 712 g/mol. The summed E-state index contributed by atoms with van der Waals surface area (Å²) in [6.45, 7) is -0.0969. The Kier molecular flexibility index (Phi) is 6.72. The molecule has 0 spiro atoms. The maximum absolute atomic E-state index is 2.51. The summed E-state index contributed by atoms with van der Waals surface area (Å²) in [6.07, 6.45) is 0. The van der Waals surface area contributed by atoms with Gasteiger partial charge in [0, 0.05) is 39.0 Å². The molecule has 3 aromatic heterocycles. The topological polar surface area (TPSA) is 14.8 Å². The van der Waals surface area contributed by atoms with Crippen molar-refractivity contribution in [3.63, 3.8) is 0 Å². The molecule has 0 saturated heterocycles. The Morgan fingerprint density at radius 3 is 1.16 bits per heavy atom. The molecule has 260 valence electrons. The molecule has 0 unspecified atom stereocenters. The van der Waals surface area contributed by atoms with E-state index in [4.69, 9.17) is 0 Å². The van der Waals surface area contributed by atoms with Gasteiger partial charge in [0.2, 0.25) is 6.71 Å². The first-order valence-corrected chi connectivity index (χ1v) is 19.4. The van der Waals surface area contributed by atoms with E-state index in [-0.39, 0.29) is 6.71 Å². The molecule has 0 atom stereocenters. The number of para-hydroxylation sites is 6. The van der Waals surface area contributed by atoms with Gasteiger partial charge in [0.25, 0.3) is 0 Å². The molecule has 0 radical (unpaired) electrons. The highest BCUT2D eigenvalue weighted by Crippen LogP contribution is 2.42. The maximum Gasteiger partial charge on any atom is 0.248 e.